The molecule has 1 fully saturated rings. The van der Waals surface area contributed by atoms with E-state index in [4.69, 9.17) is 4.74 Å². The number of carbonyl (C=O) groups excluding carboxylic acids is 1. The zero-order chi connectivity index (χ0) is 25.1. The van der Waals surface area contributed by atoms with Crippen LogP contribution in [0.2, 0.25) is 0 Å². The van der Waals surface area contributed by atoms with Gasteiger partial charge in [-0.05, 0) is 53.6 Å². The highest BCUT2D eigenvalue weighted by molar-refractivity contribution is 5.91. The second-order valence-electron chi connectivity index (χ2n) is 9.05. The van der Waals surface area contributed by atoms with E-state index in [1.807, 2.05) is 85.8 Å². The van der Waals surface area contributed by atoms with E-state index in [0.717, 1.165) is 33.4 Å². The van der Waals surface area contributed by atoms with E-state index in [9.17, 15) is 14.7 Å². The van der Waals surface area contributed by atoms with Gasteiger partial charge in [0.05, 0.1) is 11.1 Å². The summed E-state index contributed by atoms with van der Waals surface area (Å²) in [7, 11) is 0. The minimum atomic E-state index is -0.751. The number of carboxylic acid groups (broad SMARTS) is 1. The second kappa shape index (κ2) is 9.66. The number of carbonyl (C=O) groups is 2. The number of hydrogen-bond acceptors (Lipinski definition) is 4. The number of nitrogens with one attached hydrogen (secondary N) is 1. The Morgan fingerprint density at radius 3 is 2.11 bits per heavy atom. The SMILES string of the molecule is CC(OC(=O)Nc1ccncc1-c1ccc(-c2ccc(C3(C(=O)O)CC3)cc2)cc1)c1ccccc1. The Kier molecular flexibility index (Phi) is 6.25. The Bertz CT molecular complexity index is 1380. The Morgan fingerprint density at radius 1 is 0.889 bits per heavy atom. The number of anilines is 1. The van der Waals surface area contributed by atoms with Gasteiger partial charge in [-0.2, -0.15) is 0 Å². The average molecular weight is 479 g/mol. The first-order chi connectivity index (χ1) is 17.5. The van der Waals surface area contributed by atoms with E-state index in [2.05, 4.69) is 10.3 Å². The maximum absolute atomic E-state index is 12.6. The first-order valence-electron chi connectivity index (χ1n) is 11.9. The predicted octanol–water partition coefficient (Wildman–Crippen LogP) is 6.84. The van der Waals surface area contributed by atoms with Crippen molar-refractivity contribution in [3.63, 3.8) is 0 Å². The summed E-state index contributed by atoms with van der Waals surface area (Å²) in [4.78, 5) is 28.4. The van der Waals surface area contributed by atoms with Crippen LogP contribution in [0.25, 0.3) is 22.3 Å². The van der Waals surface area contributed by atoms with Gasteiger partial charge in [-0.25, -0.2) is 4.79 Å². The highest BCUT2D eigenvalue weighted by Gasteiger charge is 2.51. The third kappa shape index (κ3) is 4.70. The van der Waals surface area contributed by atoms with Crippen molar-refractivity contribution in [1.82, 2.24) is 4.98 Å². The predicted molar refractivity (Wildman–Crippen MR) is 139 cm³/mol. The Hall–Kier alpha value is -4.45. The third-order valence-electron chi connectivity index (χ3n) is 6.74. The molecule has 0 spiro atoms. The van der Waals surface area contributed by atoms with E-state index in [-0.39, 0.29) is 6.10 Å². The molecule has 5 rings (SSSR count). The molecule has 6 nitrogen and oxygen atoms in total. The molecule has 2 N–H and O–H groups in total. The summed E-state index contributed by atoms with van der Waals surface area (Å²) in [5, 5.41) is 12.4. The van der Waals surface area contributed by atoms with Crippen LogP contribution in [0, 0.1) is 0 Å². The Morgan fingerprint density at radius 2 is 1.50 bits per heavy atom. The smallest absolute Gasteiger partial charge is 0.412 e. The molecule has 0 bridgehead atoms. The summed E-state index contributed by atoms with van der Waals surface area (Å²) < 4.78 is 5.55. The number of aliphatic carboxylic acids is 1. The highest BCUT2D eigenvalue weighted by atomic mass is 16.6. The molecule has 180 valence electrons. The molecule has 0 radical (unpaired) electrons. The van der Waals surface area contributed by atoms with Crippen LogP contribution in [0.1, 0.15) is 37.0 Å². The van der Waals surface area contributed by atoms with Crippen LogP contribution in [0.4, 0.5) is 10.5 Å². The van der Waals surface area contributed by atoms with E-state index in [1.165, 1.54) is 0 Å². The number of ether oxygens (including phenoxy) is 1. The first kappa shape index (κ1) is 23.3. The Labute approximate surface area is 209 Å². The molecular weight excluding hydrogens is 452 g/mol. The van der Waals surface area contributed by atoms with Crippen molar-refractivity contribution < 1.29 is 19.4 Å². The normalized spacial score (nSPS) is 14.5. The van der Waals surface area contributed by atoms with Gasteiger partial charge >= 0.3 is 12.1 Å². The maximum atomic E-state index is 12.6. The van der Waals surface area contributed by atoms with Gasteiger partial charge in [0.1, 0.15) is 6.10 Å². The van der Waals surface area contributed by atoms with Gasteiger partial charge in [-0.3, -0.25) is 15.1 Å². The lowest BCUT2D eigenvalue weighted by Crippen LogP contribution is -2.19. The molecule has 36 heavy (non-hydrogen) atoms. The third-order valence-corrected chi connectivity index (χ3v) is 6.74. The fourth-order valence-electron chi connectivity index (χ4n) is 4.40. The quantitative estimate of drug-likeness (QED) is 0.304. The zero-order valence-corrected chi connectivity index (χ0v) is 19.8. The largest absolute Gasteiger partial charge is 0.481 e. The Balaban J connectivity index is 1.30. The number of amides is 1. The lowest BCUT2D eigenvalue weighted by Gasteiger charge is -2.16. The minimum absolute atomic E-state index is 0.382. The van der Waals surface area contributed by atoms with Crippen LogP contribution in [0.15, 0.2) is 97.3 Å². The van der Waals surface area contributed by atoms with Crippen LogP contribution in [-0.4, -0.2) is 22.2 Å². The summed E-state index contributed by atoms with van der Waals surface area (Å²) in [6.45, 7) is 1.83. The van der Waals surface area contributed by atoms with Crippen LogP contribution in [0.3, 0.4) is 0 Å². The van der Waals surface area contributed by atoms with Crippen molar-refractivity contribution in [3.05, 3.63) is 108 Å². The van der Waals surface area contributed by atoms with Gasteiger partial charge < -0.3 is 9.84 Å². The van der Waals surface area contributed by atoms with Gasteiger partial charge in [0.15, 0.2) is 0 Å². The standard InChI is InChI=1S/C30H26N2O4/c1-20(21-5-3-2-4-6-21)36-29(35)32-27-15-18-31-19-26(27)24-9-7-22(8-10-24)23-11-13-25(14-12-23)30(16-17-30)28(33)34/h2-15,18-20H,16-17H2,1H3,(H,33,34)(H,31,32,35). The summed E-state index contributed by atoms with van der Waals surface area (Å²) in [5.41, 5.74) is 5.38. The minimum Gasteiger partial charge on any atom is -0.481 e. The molecule has 0 aliphatic heterocycles. The number of aromatic nitrogens is 1. The molecule has 1 aliphatic rings. The number of nitrogens with zero attached hydrogens (tertiary/aromatic N) is 1. The van der Waals surface area contributed by atoms with E-state index >= 15 is 0 Å². The maximum Gasteiger partial charge on any atom is 0.412 e. The summed E-state index contributed by atoms with van der Waals surface area (Å²) in [6, 6.07) is 27.0. The lowest BCUT2D eigenvalue weighted by atomic mass is 9.93. The fraction of sp³-hybridized carbons (Fsp3) is 0.167. The van der Waals surface area contributed by atoms with Crippen LogP contribution >= 0.6 is 0 Å². The summed E-state index contributed by atoms with van der Waals surface area (Å²) in [5.74, 6) is -0.751. The van der Waals surface area contributed by atoms with Crippen molar-refractivity contribution in [1.29, 1.82) is 0 Å². The summed E-state index contributed by atoms with van der Waals surface area (Å²) in [6.07, 6.45) is 3.80. The fourth-order valence-corrected chi connectivity index (χ4v) is 4.40. The van der Waals surface area contributed by atoms with Gasteiger partial charge in [-0.1, -0.05) is 78.9 Å². The van der Waals surface area contributed by atoms with Crippen molar-refractivity contribution in [2.45, 2.75) is 31.3 Å². The zero-order valence-electron chi connectivity index (χ0n) is 19.8. The van der Waals surface area contributed by atoms with Crippen molar-refractivity contribution >= 4 is 17.7 Å². The van der Waals surface area contributed by atoms with Gasteiger partial charge in [-0.15, -0.1) is 0 Å². The van der Waals surface area contributed by atoms with E-state index in [1.54, 1.807) is 18.5 Å². The molecule has 0 saturated heterocycles. The van der Waals surface area contributed by atoms with Gasteiger partial charge in [0.25, 0.3) is 0 Å². The lowest BCUT2D eigenvalue weighted by molar-refractivity contribution is -0.140. The van der Waals surface area contributed by atoms with Gasteiger partial charge in [0, 0.05) is 18.0 Å². The molecule has 1 aromatic heterocycles. The molecule has 1 heterocycles. The number of benzene rings is 3. The van der Waals surface area contributed by atoms with Gasteiger partial charge in [0.2, 0.25) is 0 Å². The van der Waals surface area contributed by atoms with E-state index in [0.29, 0.717) is 18.5 Å². The molecule has 1 saturated carbocycles. The summed E-state index contributed by atoms with van der Waals surface area (Å²) >= 11 is 0. The average Bonchev–Trinajstić information content (AvgIpc) is 3.72. The molecule has 6 heteroatoms. The van der Waals surface area contributed by atoms with Crippen LogP contribution < -0.4 is 5.32 Å². The van der Waals surface area contributed by atoms with Crippen molar-refractivity contribution in [2.24, 2.45) is 0 Å². The van der Waals surface area contributed by atoms with Crippen LogP contribution in [-0.2, 0) is 14.9 Å². The van der Waals surface area contributed by atoms with Crippen molar-refractivity contribution in [2.75, 3.05) is 5.32 Å². The molecule has 4 aromatic rings. The topological polar surface area (TPSA) is 88.5 Å². The molecule has 1 amide bonds. The molecule has 1 atom stereocenters. The number of pyridine rings is 1. The highest BCUT2D eigenvalue weighted by Crippen LogP contribution is 2.48. The monoisotopic (exact) mass is 478 g/mol. The first-order valence-corrected chi connectivity index (χ1v) is 11.9. The number of hydrogen-bond donors (Lipinski definition) is 2. The van der Waals surface area contributed by atoms with Crippen LogP contribution in [0.5, 0.6) is 0 Å². The molecular formula is C30H26N2O4. The molecule has 3 aromatic carbocycles. The number of rotatable bonds is 7. The van der Waals surface area contributed by atoms with E-state index < -0.39 is 17.5 Å². The molecule has 1 aliphatic carbocycles. The number of carboxylic acids is 1. The van der Waals surface area contributed by atoms with Crippen molar-refractivity contribution in [3.8, 4) is 22.3 Å². The second-order valence-corrected chi connectivity index (χ2v) is 9.05. The molecule has 1 unspecified atom stereocenters.